The first-order valence-electron chi connectivity index (χ1n) is 6.59. The average molecular weight is 265 g/mol. The van der Waals surface area contributed by atoms with E-state index in [0.29, 0.717) is 12.0 Å². The van der Waals surface area contributed by atoms with Gasteiger partial charge in [-0.05, 0) is 20.0 Å². The Kier molecular flexibility index (Phi) is 3.91. The zero-order chi connectivity index (χ0) is 14.2. The quantitative estimate of drug-likeness (QED) is 0.824. The standard InChI is InChI=1S/C13H23N5O/c1-9-6-18(8-11(9)16(2)3)13(19)12(14)10-5-15-17(4)7-10/h5,7,9,11-12H,6,8,14H2,1-4H3. The molecule has 1 fully saturated rings. The minimum Gasteiger partial charge on any atom is -0.339 e. The highest BCUT2D eigenvalue weighted by Crippen LogP contribution is 2.23. The number of nitrogens with two attached hydrogens (primary N) is 1. The van der Waals surface area contributed by atoms with Gasteiger partial charge < -0.3 is 15.5 Å². The Morgan fingerprint density at radius 1 is 1.53 bits per heavy atom. The number of hydrogen-bond donors (Lipinski definition) is 1. The van der Waals surface area contributed by atoms with Gasteiger partial charge in [-0.25, -0.2) is 0 Å². The summed E-state index contributed by atoms with van der Waals surface area (Å²) in [6.45, 7) is 3.70. The van der Waals surface area contributed by atoms with Gasteiger partial charge in [0, 0.05) is 37.9 Å². The van der Waals surface area contributed by atoms with Crippen molar-refractivity contribution in [2.75, 3.05) is 27.2 Å². The molecular weight excluding hydrogens is 242 g/mol. The van der Waals surface area contributed by atoms with Crippen molar-refractivity contribution in [3.8, 4) is 0 Å². The van der Waals surface area contributed by atoms with Gasteiger partial charge in [-0.2, -0.15) is 5.10 Å². The summed E-state index contributed by atoms with van der Waals surface area (Å²) in [5.41, 5.74) is 6.81. The van der Waals surface area contributed by atoms with E-state index in [1.54, 1.807) is 17.1 Å². The number of likely N-dealkylation sites (N-methyl/N-ethyl adjacent to an activating group) is 1. The summed E-state index contributed by atoms with van der Waals surface area (Å²) in [5.74, 6) is 0.462. The highest BCUT2D eigenvalue weighted by molar-refractivity contribution is 5.83. The average Bonchev–Trinajstić information content (AvgIpc) is 2.93. The number of amides is 1. The van der Waals surface area contributed by atoms with E-state index in [0.717, 1.165) is 18.7 Å². The molecule has 1 amide bonds. The van der Waals surface area contributed by atoms with Crippen LogP contribution in [-0.2, 0) is 11.8 Å². The molecule has 0 spiro atoms. The van der Waals surface area contributed by atoms with E-state index in [4.69, 9.17) is 5.73 Å². The number of carbonyl (C=O) groups excluding carboxylic acids is 1. The number of nitrogens with zero attached hydrogens (tertiary/aromatic N) is 4. The lowest BCUT2D eigenvalue weighted by Gasteiger charge is -2.23. The Labute approximate surface area is 114 Å². The molecule has 1 aliphatic heterocycles. The van der Waals surface area contributed by atoms with Gasteiger partial charge in [0.1, 0.15) is 6.04 Å². The number of aromatic nitrogens is 2. The van der Waals surface area contributed by atoms with E-state index in [-0.39, 0.29) is 5.91 Å². The molecule has 6 heteroatoms. The fourth-order valence-corrected chi connectivity index (χ4v) is 2.74. The van der Waals surface area contributed by atoms with E-state index in [1.807, 2.05) is 11.9 Å². The van der Waals surface area contributed by atoms with E-state index in [2.05, 4.69) is 31.0 Å². The summed E-state index contributed by atoms with van der Waals surface area (Å²) in [6.07, 6.45) is 3.46. The first-order valence-corrected chi connectivity index (χ1v) is 6.59. The Bertz CT molecular complexity index is 456. The Balaban J connectivity index is 2.05. The second-order valence-electron chi connectivity index (χ2n) is 5.68. The minimum absolute atomic E-state index is 0.01000. The summed E-state index contributed by atoms with van der Waals surface area (Å²) in [5, 5.41) is 4.06. The van der Waals surface area contributed by atoms with Crippen LogP contribution in [0.4, 0.5) is 0 Å². The third kappa shape index (κ3) is 2.79. The number of rotatable bonds is 3. The van der Waals surface area contributed by atoms with Crippen molar-refractivity contribution in [1.29, 1.82) is 0 Å². The lowest BCUT2D eigenvalue weighted by Crippen LogP contribution is -2.39. The topological polar surface area (TPSA) is 67.4 Å². The van der Waals surface area contributed by atoms with Crippen molar-refractivity contribution >= 4 is 5.91 Å². The molecule has 2 N–H and O–H groups in total. The van der Waals surface area contributed by atoms with Crippen LogP contribution in [0, 0.1) is 5.92 Å². The molecule has 0 saturated carbocycles. The monoisotopic (exact) mass is 265 g/mol. The lowest BCUT2D eigenvalue weighted by molar-refractivity contribution is -0.131. The lowest BCUT2D eigenvalue weighted by atomic mass is 10.1. The summed E-state index contributed by atoms with van der Waals surface area (Å²) in [4.78, 5) is 16.5. The van der Waals surface area contributed by atoms with Crippen LogP contribution in [-0.4, -0.2) is 58.7 Å². The molecule has 0 radical (unpaired) electrons. The van der Waals surface area contributed by atoms with Gasteiger partial charge in [0.15, 0.2) is 0 Å². The van der Waals surface area contributed by atoms with Crippen LogP contribution in [0.1, 0.15) is 18.5 Å². The largest absolute Gasteiger partial charge is 0.339 e. The molecule has 19 heavy (non-hydrogen) atoms. The van der Waals surface area contributed by atoms with Gasteiger partial charge in [0.05, 0.1) is 6.20 Å². The van der Waals surface area contributed by atoms with Crippen LogP contribution in [0.15, 0.2) is 12.4 Å². The fourth-order valence-electron chi connectivity index (χ4n) is 2.74. The second-order valence-corrected chi connectivity index (χ2v) is 5.68. The highest BCUT2D eigenvalue weighted by atomic mass is 16.2. The van der Waals surface area contributed by atoms with Crippen LogP contribution >= 0.6 is 0 Å². The number of hydrogen-bond acceptors (Lipinski definition) is 4. The Hall–Kier alpha value is -1.40. The molecule has 6 nitrogen and oxygen atoms in total. The first-order chi connectivity index (χ1) is 8.90. The second kappa shape index (κ2) is 5.30. The molecule has 3 atom stereocenters. The molecule has 2 rings (SSSR count). The van der Waals surface area contributed by atoms with Gasteiger partial charge in [-0.15, -0.1) is 0 Å². The summed E-state index contributed by atoms with van der Waals surface area (Å²) in [7, 11) is 5.92. The van der Waals surface area contributed by atoms with Gasteiger partial charge >= 0.3 is 0 Å². The predicted molar refractivity (Wildman–Crippen MR) is 73.4 cm³/mol. The summed E-state index contributed by atoms with van der Waals surface area (Å²) in [6, 6.07) is -0.202. The normalized spacial score (nSPS) is 25.1. The molecule has 1 aliphatic rings. The molecule has 3 unspecified atom stereocenters. The number of carbonyl (C=O) groups is 1. The molecule has 1 aromatic rings. The maximum atomic E-state index is 12.4. The SMILES string of the molecule is CC1CN(C(=O)C(N)c2cnn(C)c2)CC1N(C)C. The third-order valence-electron chi connectivity index (χ3n) is 3.90. The zero-order valence-electron chi connectivity index (χ0n) is 12.1. The molecule has 1 aromatic heterocycles. The number of aryl methyl sites for hydroxylation is 1. The Morgan fingerprint density at radius 3 is 2.68 bits per heavy atom. The van der Waals surface area contributed by atoms with Crippen molar-refractivity contribution in [3.63, 3.8) is 0 Å². The van der Waals surface area contributed by atoms with Gasteiger partial charge in [0.25, 0.3) is 0 Å². The van der Waals surface area contributed by atoms with E-state index in [9.17, 15) is 4.79 Å². The third-order valence-corrected chi connectivity index (χ3v) is 3.90. The van der Waals surface area contributed by atoms with Crippen molar-refractivity contribution in [2.45, 2.75) is 19.0 Å². The molecular formula is C13H23N5O. The smallest absolute Gasteiger partial charge is 0.244 e. The van der Waals surface area contributed by atoms with Crippen LogP contribution in [0.3, 0.4) is 0 Å². The van der Waals surface area contributed by atoms with E-state index >= 15 is 0 Å². The van der Waals surface area contributed by atoms with Crippen molar-refractivity contribution in [2.24, 2.45) is 18.7 Å². The fraction of sp³-hybridized carbons (Fsp3) is 0.692. The van der Waals surface area contributed by atoms with Crippen LogP contribution in [0.5, 0.6) is 0 Å². The van der Waals surface area contributed by atoms with E-state index < -0.39 is 6.04 Å². The summed E-state index contributed by atoms with van der Waals surface area (Å²) < 4.78 is 1.66. The Morgan fingerprint density at radius 2 is 2.21 bits per heavy atom. The zero-order valence-corrected chi connectivity index (χ0v) is 12.1. The highest BCUT2D eigenvalue weighted by Gasteiger charge is 2.35. The van der Waals surface area contributed by atoms with Gasteiger partial charge in [0.2, 0.25) is 5.91 Å². The van der Waals surface area contributed by atoms with Crippen LogP contribution in [0.25, 0.3) is 0 Å². The van der Waals surface area contributed by atoms with Crippen molar-refractivity contribution < 1.29 is 4.79 Å². The van der Waals surface area contributed by atoms with Crippen LogP contribution in [0.2, 0.25) is 0 Å². The van der Waals surface area contributed by atoms with Crippen molar-refractivity contribution in [3.05, 3.63) is 18.0 Å². The van der Waals surface area contributed by atoms with E-state index in [1.165, 1.54) is 0 Å². The van der Waals surface area contributed by atoms with Crippen molar-refractivity contribution in [1.82, 2.24) is 19.6 Å². The molecule has 1 saturated heterocycles. The number of likely N-dealkylation sites (tertiary alicyclic amines) is 1. The maximum Gasteiger partial charge on any atom is 0.244 e. The maximum absolute atomic E-state index is 12.4. The van der Waals surface area contributed by atoms with Gasteiger partial charge in [-0.3, -0.25) is 9.48 Å². The molecule has 0 bridgehead atoms. The predicted octanol–water partition coefficient (Wildman–Crippen LogP) is -0.172. The molecule has 0 aromatic carbocycles. The molecule has 2 heterocycles. The van der Waals surface area contributed by atoms with Gasteiger partial charge in [-0.1, -0.05) is 6.92 Å². The molecule has 0 aliphatic carbocycles. The van der Waals surface area contributed by atoms with Crippen LogP contribution < -0.4 is 5.73 Å². The molecule has 106 valence electrons. The first kappa shape index (κ1) is 14.0. The summed E-state index contributed by atoms with van der Waals surface area (Å²) >= 11 is 0. The minimum atomic E-state index is -0.609.